The average molecular weight is 286 g/mol. The van der Waals surface area contributed by atoms with Crippen molar-refractivity contribution in [2.45, 2.75) is 6.61 Å². The van der Waals surface area contributed by atoms with Crippen molar-refractivity contribution in [1.82, 2.24) is 0 Å². The van der Waals surface area contributed by atoms with Crippen LogP contribution in [0.4, 0.5) is 0 Å². The molecule has 2 aromatic carbocycles. The first-order valence-electron chi connectivity index (χ1n) is 6.42. The van der Waals surface area contributed by atoms with E-state index in [4.69, 9.17) is 25.4 Å². The first-order chi connectivity index (χ1) is 10.1. The third-order valence-electron chi connectivity index (χ3n) is 3.00. The maximum Gasteiger partial charge on any atom is 0.130 e. The van der Waals surface area contributed by atoms with E-state index in [2.05, 4.69) is 0 Å². The Balaban J connectivity index is 2.11. The van der Waals surface area contributed by atoms with Gasteiger partial charge in [0.15, 0.2) is 0 Å². The molecule has 0 unspecified atom stereocenters. The van der Waals surface area contributed by atoms with Crippen LogP contribution >= 0.6 is 0 Å². The highest BCUT2D eigenvalue weighted by molar-refractivity contribution is 5.97. The van der Waals surface area contributed by atoms with Crippen LogP contribution in [0.15, 0.2) is 42.5 Å². The summed E-state index contributed by atoms with van der Waals surface area (Å²) in [7, 11) is 3.17. The molecule has 0 saturated carbocycles. The second-order valence-electron chi connectivity index (χ2n) is 4.42. The van der Waals surface area contributed by atoms with Gasteiger partial charge in [-0.3, -0.25) is 5.41 Å². The molecule has 0 aliphatic rings. The zero-order valence-electron chi connectivity index (χ0n) is 12.1. The van der Waals surface area contributed by atoms with Crippen LogP contribution in [0.5, 0.6) is 17.2 Å². The predicted octanol–water partition coefficient (Wildman–Crippen LogP) is 2.57. The topological polar surface area (TPSA) is 77.6 Å². The molecule has 0 amide bonds. The second-order valence-corrected chi connectivity index (χ2v) is 4.42. The summed E-state index contributed by atoms with van der Waals surface area (Å²) in [6.07, 6.45) is 0. The highest BCUT2D eigenvalue weighted by Crippen LogP contribution is 2.23. The van der Waals surface area contributed by atoms with E-state index in [0.717, 1.165) is 17.1 Å². The fourth-order valence-electron chi connectivity index (χ4n) is 1.91. The number of benzene rings is 2. The molecule has 0 spiro atoms. The first-order valence-corrected chi connectivity index (χ1v) is 6.42. The zero-order valence-corrected chi connectivity index (χ0v) is 12.1. The number of rotatable bonds is 6. The predicted molar refractivity (Wildman–Crippen MR) is 81.3 cm³/mol. The molecule has 0 saturated heterocycles. The van der Waals surface area contributed by atoms with Gasteiger partial charge in [0, 0.05) is 6.07 Å². The van der Waals surface area contributed by atoms with Gasteiger partial charge in [-0.2, -0.15) is 0 Å². The lowest BCUT2D eigenvalue weighted by atomic mass is 10.1. The highest BCUT2D eigenvalue weighted by Gasteiger charge is 2.07. The van der Waals surface area contributed by atoms with Crippen molar-refractivity contribution in [3.05, 3.63) is 53.6 Å². The van der Waals surface area contributed by atoms with E-state index in [1.54, 1.807) is 20.3 Å². The molecule has 5 nitrogen and oxygen atoms in total. The fourth-order valence-corrected chi connectivity index (χ4v) is 1.91. The van der Waals surface area contributed by atoms with Crippen LogP contribution in [0.2, 0.25) is 0 Å². The smallest absolute Gasteiger partial charge is 0.130 e. The van der Waals surface area contributed by atoms with Gasteiger partial charge in [-0.15, -0.1) is 0 Å². The minimum atomic E-state index is -0.0212. The van der Waals surface area contributed by atoms with Gasteiger partial charge in [0.05, 0.1) is 19.8 Å². The van der Waals surface area contributed by atoms with Crippen LogP contribution in [0.1, 0.15) is 11.1 Å². The maximum absolute atomic E-state index is 7.48. The van der Waals surface area contributed by atoms with E-state index < -0.39 is 0 Å². The number of hydrogen-bond acceptors (Lipinski definition) is 4. The molecule has 0 aromatic heterocycles. The van der Waals surface area contributed by atoms with Crippen molar-refractivity contribution in [3.8, 4) is 17.2 Å². The Morgan fingerprint density at radius 2 is 1.81 bits per heavy atom. The summed E-state index contributed by atoms with van der Waals surface area (Å²) in [5, 5.41) is 7.48. The highest BCUT2D eigenvalue weighted by atomic mass is 16.5. The molecule has 21 heavy (non-hydrogen) atoms. The lowest BCUT2D eigenvalue weighted by Gasteiger charge is -2.11. The number of nitrogens with one attached hydrogen (secondary N) is 1. The summed E-state index contributed by atoms with van der Waals surface area (Å²) in [5.74, 6) is 2.02. The molecule has 2 rings (SSSR count). The van der Waals surface area contributed by atoms with Gasteiger partial charge in [-0.1, -0.05) is 12.1 Å². The number of methoxy groups -OCH3 is 2. The molecular formula is C16H18N2O3. The second kappa shape index (κ2) is 6.65. The summed E-state index contributed by atoms with van der Waals surface area (Å²) in [6.45, 7) is 0.391. The molecule has 0 bridgehead atoms. The lowest BCUT2D eigenvalue weighted by Crippen LogP contribution is -2.12. The van der Waals surface area contributed by atoms with Crippen LogP contribution in [0, 0.1) is 5.41 Å². The third kappa shape index (κ3) is 3.66. The zero-order chi connectivity index (χ0) is 15.2. The summed E-state index contributed by atoms with van der Waals surface area (Å²) in [6, 6.07) is 12.8. The summed E-state index contributed by atoms with van der Waals surface area (Å²) >= 11 is 0. The van der Waals surface area contributed by atoms with Gasteiger partial charge in [0.25, 0.3) is 0 Å². The van der Waals surface area contributed by atoms with Crippen molar-refractivity contribution < 1.29 is 14.2 Å². The Labute approximate surface area is 123 Å². The van der Waals surface area contributed by atoms with Gasteiger partial charge in [0.2, 0.25) is 0 Å². The Kier molecular flexibility index (Phi) is 4.66. The molecule has 0 aliphatic carbocycles. The van der Waals surface area contributed by atoms with E-state index in [1.807, 2.05) is 36.4 Å². The summed E-state index contributed by atoms with van der Waals surface area (Å²) in [4.78, 5) is 0. The Hall–Kier alpha value is -2.69. The molecule has 3 N–H and O–H groups in total. The minimum absolute atomic E-state index is 0.0212. The average Bonchev–Trinajstić information content (AvgIpc) is 2.52. The number of ether oxygens (including phenoxy) is 3. The van der Waals surface area contributed by atoms with Gasteiger partial charge in [0.1, 0.15) is 29.7 Å². The van der Waals surface area contributed by atoms with Crippen molar-refractivity contribution in [3.63, 3.8) is 0 Å². The molecule has 5 heteroatoms. The van der Waals surface area contributed by atoms with E-state index in [9.17, 15) is 0 Å². The van der Waals surface area contributed by atoms with Crippen molar-refractivity contribution >= 4 is 5.84 Å². The molecular weight excluding hydrogens is 268 g/mol. The van der Waals surface area contributed by atoms with Crippen LogP contribution in [0.3, 0.4) is 0 Å². The van der Waals surface area contributed by atoms with Gasteiger partial charge in [-0.05, 0) is 29.8 Å². The molecule has 0 fully saturated rings. The van der Waals surface area contributed by atoms with E-state index in [0.29, 0.717) is 17.9 Å². The van der Waals surface area contributed by atoms with E-state index in [-0.39, 0.29) is 5.84 Å². The van der Waals surface area contributed by atoms with Crippen LogP contribution in [-0.4, -0.2) is 20.1 Å². The van der Waals surface area contributed by atoms with Crippen molar-refractivity contribution in [2.24, 2.45) is 5.73 Å². The summed E-state index contributed by atoms with van der Waals surface area (Å²) in [5.41, 5.74) is 7.00. The van der Waals surface area contributed by atoms with E-state index >= 15 is 0 Å². The molecule has 2 aromatic rings. The Morgan fingerprint density at radius 3 is 2.48 bits per heavy atom. The largest absolute Gasteiger partial charge is 0.497 e. The molecule has 110 valence electrons. The maximum atomic E-state index is 7.48. The van der Waals surface area contributed by atoms with Crippen LogP contribution in [0.25, 0.3) is 0 Å². The SMILES string of the molecule is COc1cccc(OCc2ccc(C(=N)N)c(OC)c2)c1. The summed E-state index contributed by atoms with van der Waals surface area (Å²) < 4.78 is 16.1. The Morgan fingerprint density at radius 1 is 1.05 bits per heavy atom. The van der Waals surface area contributed by atoms with Crippen molar-refractivity contribution in [1.29, 1.82) is 5.41 Å². The van der Waals surface area contributed by atoms with E-state index in [1.165, 1.54) is 0 Å². The number of nitrogens with two attached hydrogens (primary N) is 1. The minimum Gasteiger partial charge on any atom is -0.497 e. The Bertz CT molecular complexity index is 641. The standard InChI is InChI=1S/C16H18N2O3/c1-19-12-4-3-5-13(9-12)21-10-11-6-7-14(16(17)18)15(8-11)20-2/h3-9H,10H2,1-2H3,(H3,17,18). The monoisotopic (exact) mass is 286 g/mol. The van der Waals surface area contributed by atoms with Crippen molar-refractivity contribution in [2.75, 3.05) is 14.2 Å². The quantitative estimate of drug-likeness (QED) is 0.632. The van der Waals surface area contributed by atoms with Crippen LogP contribution < -0.4 is 19.9 Å². The van der Waals surface area contributed by atoms with Gasteiger partial charge < -0.3 is 19.9 Å². The normalized spacial score (nSPS) is 10.0. The fraction of sp³-hybridized carbons (Fsp3) is 0.188. The number of amidine groups is 1. The third-order valence-corrected chi connectivity index (χ3v) is 3.00. The lowest BCUT2D eigenvalue weighted by molar-refractivity contribution is 0.302. The van der Waals surface area contributed by atoms with Crippen LogP contribution in [-0.2, 0) is 6.61 Å². The first kappa shape index (κ1) is 14.7. The molecule has 0 heterocycles. The molecule has 0 atom stereocenters. The van der Waals surface area contributed by atoms with Gasteiger partial charge in [-0.25, -0.2) is 0 Å². The molecule has 0 aliphatic heterocycles. The molecule has 0 radical (unpaired) electrons. The number of hydrogen-bond donors (Lipinski definition) is 2. The number of nitrogen functional groups attached to an aromatic ring is 1. The van der Waals surface area contributed by atoms with Gasteiger partial charge >= 0.3 is 0 Å².